The Morgan fingerprint density at radius 2 is 1.42 bits per heavy atom. The second-order valence-electron chi connectivity index (χ2n) is 6.87. The normalized spacial score (nSPS) is 10.7. The standard InChI is InChI=1S/C15H10N2O2S.C9H8O4/c16-11-13-6-4-5-12-9-10-17(15(12)13)20(18,19)14-7-2-1-3-8-14;1-5-6(8(10)11)3-2-4-7(5)9(12)13/h1-10H;2-4H,1H3,(H,10,11)(H,12,13). The van der Waals surface area contributed by atoms with Gasteiger partial charge in [-0.2, -0.15) is 5.26 Å². The van der Waals surface area contributed by atoms with Gasteiger partial charge in [-0.25, -0.2) is 22.0 Å². The predicted octanol–water partition coefficient (Wildman–Crippen LogP) is 4.14. The van der Waals surface area contributed by atoms with Crippen LogP contribution in [0.3, 0.4) is 0 Å². The zero-order valence-electron chi connectivity index (χ0n) is 17.3. The number of para-hydroxylation sites is 1. The number of carboxylic acids is 2. The molecular formula is C24H18N2O6S. The molecule has 9 heteroatoms. The van der Waals surface area contributed by atoms with E-state index >= 15 is 0 Å². The number of aromatic nitrogens is 1. The molecule has 33 heavy (non-hydrogen) atoms. The Balaban J connectivity index is 0.000000205. The summed E-state index contributed by atoms with van der Waals surface area (Å²) in [6.45, 7) is 1.48. The Labute approximate surface area is 189 Å². The molecule has 4 rings (SSSR count). The molecule has 0 atom stereocenters. The Morgan fingerprint density at radius 1 is 0.848 bits per heavy atom. The molecule has 8 nitrogen and oxygen atoms in total. The Hall–Kier alpha value is -4.42. The molecule has 4 aromatic rings. The van der Waals surface area contributed by atoms with E-state index < -0.39 is 22.0 Å². The lowest BCUT2D eigenvalue weighted by Crippen LogP contribution is -2.12. The molecule has 2 N–H and O–H groups in total. The van der Waals surface area contributed by atoms with Crippen LogP contribution in [-0.2, 0) is 10.0 Å². The fraction of sp³-hybridized carbons (Fsp3) is 0.0417. The van der Waals surface area contributed by atoms with Gasteiger partial charge in [0, 0.05) is 11.6 Å². The van der Waals surface area contributed by atoms with E-state index in [1.807, 2.05) is 6.07 Å². The van der Waals surface area contributed by atoms with Gasteiger partial charge in [-0.3, -0.25) is 0 Å². The topological polar surface area (TPSA) is 137 Å². The number of carbonyl (C=O) groups is 2. The molecule has 0 spiro atoms. The molecule has 0 aliphatic heterocycles. The van der Waals surface area contributed by atoms with Crippen LogP contribution >= 0.6 is 0 Å². The summed E-state index contributed by atoms with van der Waals surface area (Å²) in [5, 5.41) is 27.2. The molecule has 0 saturated heterocycles. The molecule has 0 aliphatic carbocycles. The van der Waals surface area contributed by atoms with Gasteiger partial charge < -0.3 is 10.2 Å². The number of nitriles is 1. The first-order valence-corrected chi connectivity index (χ1v) is 11.0. The summed E-state index contributed by atoms with van der Waals surface area (Å²) in [6.07, 6.45) is 1.48. The molecule has 1 aromatic heterocycles. The lowest BCUT2D eigenvalue weighted by Gasteiger charge is -2.08. The van der Waals surface area contributed by atoms with E-state index in [1.165, 1.54) is 43.5 Å². The van der Waals surface area contributed by atoms with Crippen molar-refractivity contribution in [1.82, 2.24) is 3.97 Å². The number of fused-ring (bicyclic) bond motifs is 1. The first kappa shape index (κ1) is 23.2. The second kappa shape index (κ2) is 9.38. The van der Waals surface area contributed by atoms with Crippen LogP contribution in [0.4, 0.5) is 0 Å². The highest BCUT2D eigenvalue weighted by molar-refractivity contribution is 7.90. The van der Waals surface area contributed by atoms with E-state index in [2.05, 4.69) is 0 Å². The first-order valence-electron chi connectivity index (χ1n) is 9.55. The molecule has 0 unspecified atom stereocenters. The predicted molar refractivity (Wildman–Crippen MR) is 121 cm³/mol. The van der Waals surface area contributed by atoms with E-state index in [0.29, 0.717) is 11.1 Å². The maximum Gasteiger partial charge on any atom is 0.335 e. The van der Waals surface area contributed by atoms with Gasteiger partial charge in [0.1, 0.15) is 6.07 Å². The van der Waals surface area contributed by atoms with Crippen LogP contribution in [-0.4, -0.2) is 34.5 Å². The van der Waals surface area contributed by atoms with Crippen LogP contribution in [0, 0.1) is 18.3 Å². The molecule has 0 saturated carbocycles. The molecule has 0 fully saturated rings. The number of hydrogen-bond donors (Lipinski definition) is 2. The molecule has 0 bridgehead atoms. The highest BCUT2D eigenvalue weighted by Crippen LogP contribution is 2.24. The smallest absolute Gasteiger partial charge is 0.335 e. The molecule has 1 heterocycles. The van der Waals surface area contributed by atoms with E-state index in [4.69, 9.17) is 15.5 Å². The third-order valence-corrected chi connectivity index (χ3v) is 6.58. The maximum absolute atomic E-state index is 12.6. The van der Waals surface area contributed by atoms with Crippen molar-refractivity contribution in [2.75, 3.05) is 0 Å². The third-order valence-electron chi connectivity index (χ3n) is 4.89. The van der Waals surface area contributed by atoms with Gasteiger partial charge >= 0.3 is 11.9 Å². The minimum Gasteiger partial charge on any atom is -0.478 e. The number of hydrogen-bond acceptors (Lipinski definition) is 5. The monoisotopic (exact) mass is 462 g/mol. The SMILES string of the molecule is Cc1c(C(=O)O)cccc1C(=O)O.N#Cc1cccc2ccn(S(=O)(=O)c3ccccc3)c12. The number of nitrogens with zero attached hydrogens (tertiary/aromatic N) is 2. The van der Waals surface area contributed by atoms with Gasteiger partial charge in [0.15, 0.2) is 0 Å². The van der Waals surface area contributed by atoms with Crippen molar-refractivity contribution in [1.29, 1.82) is 5.26 Å². The molecule has 0 radical (unpaired) electrons. The van der Waals surface area contributed by atoms with Crippen LogP contribution in [0.1, 0.15) is 31.8 Å². The summed E-state index contributed by atoms with van der Waals surface area (Å²) >= 11 is 0. The second-order valence-corrected chi connectivity index (χ2v) is 8.69. The largest absolute Gasteiger partial charge is 0.478 e. The van der Waals surface area contributed by atoms with E-state index in [-0.39, 0.29) is 21.6 Å². The minimum atomic E-state index is -3.69. The van der Waals surface area contributed by atoms with Gasteiger partial charge in [0.2, 0.25) is 0 Å². The van der Waals surface area contributed by atoms with Crippen LogP contribution < -0.4 is 0 Å². The molecule has 166 valence electrons. The fourth-order valence-corrected chi connectivity index (χ4v) is 4.65. The molecule has 3 aromatic carbocycles. The first-order chi connectivity index (χ1) is 15.7. The number of aromatic carboxylic acids is 2. The van der Waals surface area contributed by atoms with Crippen LogP contribution in [0.15, 0.2) is 83.9 Å². The summed E-state index contributed by atoms with van der Waals surface area (Å²) in [4.78, 5) is 21.4. The number of rotatable bonds is 4. The molecular weight excluding hydrogens is 444 g/mol. The van der Waals surface area contributed by atoms with E-state index in [0.717, 1.165) is 9.36 Å². The summed E-state index contributed by atoms with van der Waals surface area (Å²) < 4.78 is 26.4. The van der Waals surface area contributed by atoms with Crippen LogP contribution in [0.5, 0.6) is 0 Å². The van der Waals surface area contributed by atoms with Crippen molar-refractivity contribution in [3.63, 3.8) is 0 Å². The van der Waals surface area contributed by atoms with Gasteiger partial charge in [-0.05, 0) is 48.9 Å². The quantitative estimate of drug-likeness (QED) is 0.465. The molecule has 0 aliphatic rings. The van der Waals surface area contributed by atoms with Gasteiger partial charge in [0.05, 0.1) is 27.1 Å². The average Bonchev–Trinajstić information content (AvgIpc) is 3.25. The summed E-state index contributed by atoms with van der Waals surface area (Å²) in [7, 11) is -3.69. The number of carboxylic acid groups (broad SMARTS) is 2. The van der Waals surface area contributed by atoms with Crippen molar-refractivity contribution >= 4 is 32.9 Å². The van der Waals surface area contributed by atoms with Crippen molar-refractivity contribution < 1.29 is 28.2 Å². The maximum atomic E-state index is 12.6. The minimum absolute atomic E-state index is 0.0277. The van der Waals surface area contributed by atoms with Crippen molar-refractivity contribution in [3.05, 3.63) is 101 Å². The summed E-state index contributed by atoms with van der Waals surface area (Å²) in [5.74, 6) is -2.22. The molecule has 0 amide bonds. The average molecular weight is 462 g/mol. The van der Waals surface area contributed by atoms with Crippen molar-refractivity contribution in [2.24, 2.45) is 0 Å². The van der Waals surface area contributed by atoms with Crippen molar-refractivity contribution in [2.45, 2.75) is 11.8 Å². The highest BCUT2D eigenvalue weighted by Gasteiger charge is 2.20. The fourth-order valence-electron chi connectivity index (χ4n) is 3.26. The lowest BCUT2D eigenvalue weighted by molar-refractivity contribution is 0.0696. The van der Waals surface area contributed by atoms with Crippen LogP contribution in [0.2, 0.25) is 0 Å². The van der Waals surface area contributed by atoms with E-state index in [1.54, 1.807) is 42.5 Å². The zero-order chi connectivity index (χ0) is 24.2. The van der Waals surface area contributed by atoms with Crippen LogP contribution in [0.25, 0.3) is 10.9 Å². The third kappa shape index (κ3) is 4.61. The summed E-state index contributed by atoms with van der Waals surface area (Å²) in [5.41, 5.74) is 1.09. The number of benzene rings is 3. The van der Waals surface area contributed by atoms with Gasteiger partial charge in [0.25, 0.3) is 10.0 Å². The zero-order valence-corrected chi connectivity index (χ0v) is 18.2. The highest BCUT2D eigenvalue weighted by atomic mass is 32.2. The van der Waals surface area contributed by atoms with Crippen molar-refractivity contribution in [3.8, 4) is 6.07 Å². The van der Waals surface area contributed by atoms with Gasteiger partial charge in [-0.1, -0.05) is 36.4 Å². The van der Waals surface area contributed by atoms with E-state index in [9.17, 15) is 18.0 Å². The van der Waals surface area contributed by atoms with Gasteiger partial charge in [-0.15, -0.1) is 0 Å². The summed E-state index contributed by atoms with van der Waals surface area (Å²) in [6, 6.07) is 21.2. The Kier molecular flexibility index (Phi) is 6.61. The lowest BCUT2D eigenvalue weighted by atomic mass is 10.0. The Bertz CT molecular complexity index is 1470. The Morgan fingerprint density at radius 3 is 1.97 bits per heavy atom.